The summed E-state index contributed by atoms with van der Waals surface area (Å²) in [4.78, 5) is 11.0. The Kier molecular flexibility index (Phi) is 2.94. The molecule has 13 heavy (non-hydrogen) atoms. The highest BCUT2D eigenvalue weighted by molar-refractivity contribution is 6.17. The summed E-state index contributed by atoms with van der Waals surface area (Å²) in [6.45, 7) is 3.17. The fourth-order valence-corrected chi connectivity index (χ4v) is 1.46. The van der Waals surface area contributed by atoms with E-state index in [4.69, 9.17) is 11.6 Å². The Bertz CT molecular complexity index is 345. The highest BCUT2D eigenvalue weighted by Gasteiger charge is 2.10. The van der Waals surface area contributed by atoms with Crippen LogP contribution in [0.25, 0.3) is 0 Å². The van der Waals surface area contributed by atoms with Gasteiger partial charge in [0.2, 0.25) is 0 Å². The lowest BCUT2D eigenvalue weighted by Crippen LogP contribution is -1.96. The van der Waals surface area contributed by atoms with Crippen LogP contribution in [0.2, 0.25) is 0 Å². The van der Waals surface area contributed by atoms with Crippen LogP contribution in [0.15, 0.2) is 12.1 Å². The molecule has 0 spiro atoms. The van der Waals surface area contributed by atoms with Crippen LogP contribution in [0.4, 0.5) is 0 Å². The number of rotatable bonds is 2. The fraction of sp³-hybridized carbons (Fsp3) is 0.300. The van der Waals surface area contributed by atoms with Crippen molar-refractivity contribution in [2.75, 3.05) is 0 Å². The van der Waals surface area contributed by atoms with Gasteiger partial charge < -0.3 is 5.11 Å². The van der Waals surface area contributed by atoms with Gasteiger partial charge in [-0.2, -0.15) is 0 Å². The number of phenols is 1. The Morgan fingerprint density at radius 3 is 2.62 bits per heavy atom. The molecule has 1 aromatic rings. The number of carbonyl (C=O) groups is 1. The molecule has 1 N–H and O–H groups in total. The third-order valence-corrected chi connectivity index (χ3v) is 2.35. The van der Waals surface area contributed by atoms with E-state index in [0.29, 0.717) is 17.0 Å². The summed E-state index contributed by atoms with van der Waals surface area (Å²) in [6.07, 6.45) is 0. The smallest absolute Gasteiger partial charge is 0.163 e. The van der Waals surface area contributed by atoms with E-state index in [1.165, 1.54) is 6.92 Å². The van der Waals surface area contributed by atoms with Gasteiger partial charge >= 0.3 is 0 Å². The van der Waals surface area contributed by atoms with Gasteiger partial charge in [0.25, 0.3) is 0 Å². The molecule has 0 aliphatic carbocycles. The van der Waals surface area contributed by atoms with Gasteiger partial charge in [-0.05, 0) is 31.0 Å². The van der Waals surface area contributed by atoms with Crippen molar-refractivity contribution in [3.05, 3.63) is 28.8 Å². The van der Waals surface area contributed by atoms with Gasteiger partial charge in [0, 0.05) is 5.88 Å². The first-order chi connectivity index (χ1) is 6.07. The number of benzene rings is 1. The maximum absolute atomic E-state index is 11.0. The van der Waals surface area contributed by atoms with Crippen LogP contribution >= 0.6 is 11.6 Å². The van der Waals surface area contributed by atoms with E-state index in [2.05, 4.69) is 0 Å². The topological polar surface area (TPSA) is 37.3 Å². The van der Waals surface area contributed by atoms with E-state index >= 15 is 0 Å². The minimum Gasteiger partial charge on any atom is -0.507 e. The minimum absolute atomic E-state index is 0.0469. The predicted octanol–water partition coefficient (Wildman–Crippen LogP) is 2.64. The number of Topliss-reactive ketones (excluding diaryl/α,β-unsaturated/α-hetero) is 1. The number of ketones is 1. The summed E-state index contributed by atoms with van der Waals surface area (Å²) in [7, 11) is 0. The summed E-state index contributed by atoms with van der Waals surface area (Å²) in [6, 6.07) is 3.36. The molecule has 0 aliphatic heterocycles. The Balaban J connectivity index is 3.31. The number of alkyl halides is 1. The summed E-state index contributed by atoms with van der Waals surface area (Å²) < 4.78 is 0. The Morgan fingerprint density at radius 2 is 2.15 bits per heavy atom. The molecule has 70 valence electrons. The number of phenolic OH excluding ortho intramolecular Hbond substituents is 1. The second-order valence-corrected chi connectivity index (χ2v) is 3.20. The second-order valence-electron chi connectivity index (χ2n) is 2.94. The van der Waals surface area contributed by atoms with Crippen LogP contribution in [-0.2, 0) is 5.88 Å². The highest BCUT2D eigenvalue weighted by Crippen LogP contribution is 2.26. The maximum atomic E-state index is 11.0. The van der Waals surface area contributed by atoms with Gasteiger partial charge in [0.1, 0.15) is 5.75 Å². The number of aromatic hydroxyl groups is 1. The van der Waals surface area contributed by atoms with Gasteiger partial charge in [-0.15, -0.1) is 11.6 Å². The summed E-state index contributed by atoms with van der Waals surface area (Å²) >= 11 is 5.64. The molecule has 0 heterocycles. The van der Waals surface area contributed by atoms with E-state index in [1.807, 2.05) is 0 Å². The average Bonchev–Trinajstić information content (AvgIpc) is 2.09. The molecule has 1 rings (SSSR count). The molecule has 0 bridgehead atoms. The molecule has 0 saturated heterocycles. The molecule has 0 radical (unpaired) electrons. The first-order valence-corrected chi connectivity index (χ1v) is 4.49. The van der Waals surface area contributed by atoms with Crippen molar-refractivity contribution in [3.63, 3.8) is 0 Å². The lowest BCUT2D eigenvalue weighted by atomic mass is 10.0. The first kappa shape index (κ1) is 10.1. The zero-order valence-electron chi connectivity index (χ0n) is 7.60. The lowest BCUT2D eigenvalue weighted by molar-refractivity contribution is 0.101. The first-order valence-electron chi connectivity index (χ1n) is 3.96. The fourth-order valence-electron chi connectivity index (χ4n) is 1.17. The number of hydrogen-bond acceptors (Lipinski definition) is 2. The van der Waals surface area contributed by atoms with Crippen molar-refractivity contribution in [3.8, 4) is 5.75 Å². The molecular formula is C10H11ClO2. The summed E-state index contributed by atoms with van der Waals surface area (Å²) in [5.74, 6) is 0.254. The number of carbonyl (C=O) groups excluding carboxylic acids is 1. The van der Waals surface area contributed by atoms with E-state index in [9.17, 15) is 9.90 Å². The molecule has 1 aromatic carbocycles. The third-order valence-electron chi connectivity index (χ3n) is 2.07. The summed E-state index contributed by atoms with van der Waals surface area (Å²) in [5.41, 5.74) is 1.89. The van der Waals surface area contributed by atoms with Crippen LogP contribution < -0.4 is 0 Å². The van der Waals surface area contributed by atoms with Gasteiger partial charge in [-0.1, -0.05) is 6.07 Å². The van der Waals surface area contributed by atoms with Gasteiger partial charge in [-0.25, -0.2) is 0 Å². The highest BCUT2D eigenvalue weighted by atomic mass is 35.5. The van der Waals surface area contributed by atoms with Gasteiger partial charge in [0.15, 0.2) is 5.78 Å². The second kappa shape index (κ2) is 3.79. The van der Waals surface area contributed by atoms with Crippen LogP contribution in [0, 0.1) is 6.92 Å². The molecular weight excluding hydrogens is 188 g/mol. The predicted molar refractivity (Wildman–Crippen MR) is 52.4 cm³/mol. The maximum Gasteiger partial charge on any atom is 0.163 e. The van der Waals surface area contributed by atoms with Crippen molar-refractivity contribution in [2.24, 2.45) is 0 Å². The Hall–Kier alpha value is -1.02. The third kappa shape index (κ3) is 1.83. The largest absolute Gasteiger partial charge is 0.507 e. The Morgan fingerprint density at radius 1 is 1.54 bits per heavy atom. The monoisotopic (exact) mass is 198 g/mol. The number of halogens is 1. The standard InChI is InChI=1S/C10H11ClO2/c1-6-8(5-11)3-4-9(7(2)12)10(6)13/h3-4,13H,5H2,1-2H3. The molecule has 0 aliphatic rings. The number of hydrogen-bond donors (Lipinski definition) is 1. The van der Waals surface area contributed by atoms with Gasteiger partial charge in [-0.3, -0.25) is 4.79 Å². The lowest BCUT2D eigenvalue weighted by Gasteiger charge is -2.07. The minimum atomic E-state index is -0.137. The van der Waals surface area contributed by atoms with Crippen LogP contribution in [0.5, 0.6) is 5.75 Å². The van der Waals surface area contributed by atoms with E-state index in [1.54, 1.807) is 19.1 Å². The van der Waals surface area contributed by atoms with Crippen molar-refractivity contribution >= 4 is 17.4 Å². The molecule has 0 aromatic heterocycles. The summed E-state index contributed by atoms with van der Waals surface area (Å²) in [5, 5.41) is 9.60. The Labute approximate surface area is 82.2 Å². The van der Waals surface area contributed by atoms with E-state index in [-0.39, 0.29) is 11.5 Å². The molecule has 0 atom stereocenters. The van der Waals surface area contributed by atoms with Crippen LogP contribution in [0.1, 0.15) is 28.4 Å². The average molecular weight is 199 g/mol. The van der Waals surface area contributed by atoms with E-state index < -0.39 is 0 Å². The van der Waals surface area contributed by atoms with Crippen LogP contribution in [-0.4, -0.2) is 10.9 Å². The van der Waals surface area contributed by atoms with Crippen LogP contribution in [0.3, 0.4) is 0 Å². The normalized spacial score (nSPS) is 10.1. The SMILES string of the molecule is CC(=O)c1ccc(CCl)c(C)c1O. The molecule has 0 unspecified atom stereocenters. The molecule has 0 fully saturated rings. The quantitative estimate of drug-likeness (QED) is 0.586. The molecule has 0 amide bonds. The van der Waals surface area contributed by atoms with Gasteiger partial charge in [0.05, 0.1) is 5.56 Å². The van der Waals surface area contributed by atoms with Crippen molar-refractivity contribution in [1.29, 1.82) is 0 Å². The van der Waals surface area contributed by atoms with E-state index in [0.717, 1.165) is 5.56 Å². The molecule has 0 saturated carbocycles. The van der Waals surface area contributed by atoms with Crippen molar-refractivity contribution in [1.82, 2.24) is 0 Å². The molecule has 3 heteroatoms. The zero-order chi connectivity index (χ0) is 10.0. The zero-order valence-corrected chi connectivity index (χ0v) is 8.35. The van der Waals surface area contributed by atoms with Crippen molar-refractivity contribution < 1.29 is 9.90 Å². The van der Waals surface area contributed by atoms with Crippen molar-refractivity contribution in [2.45, 2.75) is 19.7 Å². The molecule has 2 nitrogen and oxygen atoms in total.